The van der Waals surface area contributed by atoms with Gasteiger partial charge in [-0.2, -0.15) is 0 Å². The number of carbonyl (C=O) groups is 1. The van der Waals surface area contributed by atoms with Gasteiger partial charge >= 0.3 is 7.82 Å². The third-order valence-corrected chi connectivity index (χ3v) is 4.62. The quantitative estimate of drug-likeness (QED) is 0.225. The topological polar surface area (TPSA) is 124 Å². The van der Waals surface area contributed by atoms with Crippen molar-refractivity contribution in [3.63, 3.8) is 0 Å². The number of ketones is 1. The summed E-state index contributed by atoms with van der Waals surface area (Å²) < 4.78 is 14.6. The van der Waals surface area contributed by atoms with Gasteiger partial charge in [-0.25, -0.2) is 4.57 Å². The highest BCUT2D eigenvalue weighted by atomic mass is 31.2. The monoisotopic (exact) mass is 382 g/mol. The van der Waals surface area contributed by atoms with Crippen LogP contribution in [-0.4, -0.2) is 44.6 Å². The Balaban J connectivity index is 3.58. The van der Waals surface area contributed by atoms with Crippen LogP contribution >= 0.6 is 7.82 Å². The highest BCUT2D eigenvalue weighted by Gasteiger charge is 2.26. The minimum Gasteiger partial charge on any atom is -0.388 e. The van der Waals surface area contributed by atoms with Crippen molar-refractivity contribution in [3.8, 4) is 0 Å². The molecule has 0 aromatic heterocycles. The Labute approximate surface area is 151 Å². The fourth-order valence-corrected chi connectivity index (χ4v) is 2.94. The molecule has 150 valence electrons. The normalized spacial score (nSPS) is 14.4. The van der Waals surface area contributed by atoms with Gasteiger partial charge in [0, 0.05) is 6.42 Å². The second-order valence-corrected chi connectivity index (χ2v) is 7.79. The van der Waals surface area contributed by atoms with Gasteiger partial charge in [0.2, 0.25) is 0 Å². The second-order valence-electron chi connectivity index (χ2n) is 6.55. The Morgan fingerprint density at radius 2 is 1.32 bits per heavy atom. The number of phosphoric ester groups is 1. The van der Waals surface area contributed by atoms with Crippen LogP contribution in [0.3, 0.4) is 0 Å². The van der Waals surface area contributed by atoms with Crippen molar-refractivity contribution >= 4 is 13.6 Å². The van der Waals surface area contributed by atoms with Crippen molar-refractivity contribution in [2.75, 3.05) is 6.61 Å². The molecule has 0 aliphatic heterocycles. The van der Waals surface area contributed by atoms with Crippen molar-refractivity contribution in [1.82, 2.24) is 0 Å². The van der Waals surface area contributed by atoms with E-state index in [1.165, 1.54) is 44.9 Å². The maximum atomic E-state index is 11.7. The number of rotatable bonds is 17. The Kier molecular flexibility index (Phi) is 14.6. The van der Waals surface area contributed by atoms with E-state index >= 15 is 0 Å². The lowest BCUT2D eigenvalue weighted by Crippen LogP contribution is -2.36. The molecular weight excluding hydrogens is 347 g/mol. The van der Waals surface area contributed by atoms with Crippen molar-refractivity contribution in [2.24, 2.45) is 0 Å². The molecule has 7 nitrogen and oxygen atoms in total. The lowest BCUT2D eigenvalue weighted by Gasteiger charge is -2.17. The lowest BCUT2D eigenvalue weighted by atomic mass is 10.0. The van der Waals surface area contributed by atoms with Gasteiger partial charge < -0.3 is 20.0 Å². The molecule has 0 rings (SSSR count). The van der Waals surface area contributed by atoms with Gasteiger partial charge in [-0.15, -0.1) is 0 Å². The Bertz CT molecular complexity index is 383. The van der Waals surface area contributed by atoms with Gasteiger partial charge in [0.15, 0.2) is 5.78 Å². The van der Waals surface area contributed by atoms with Crippen LogP contribution in [-0.2, 0) is 13.9 Å². The predicted octanol–water partition coefficient (Wildman–Crippen LogP) is 3.09. The van der Waals surface area contributed by atoms with Crippen LogP contribution in [0.4, 0.5) is 0 Å². The molecule has 0 bridgehead atoms. The predicted molar refractivity (Wildman–Crippen MR) is 96.1 cm³/mol. The zero-order chi connectivity index (χ0) is 19.1. The molecule has 0 aliphatic rings. The van der Waals surface area contributed by atoms with Gasteiger partial charge in [-0.1, -0.05) is 71.1 Å². The number of hydrogen-bond donors (Lipinski definition) is 4. The number of hydrogen-bond acceptors (Lipinski definition) is 5. The first-order valence-corrected chi connectivity index (χ1v) is 10.9. The maximum absolute atomic E-state index is 11.7. The number of aliphatic hydroxyl groups excluding tert-OH is 2. The molecule has 8 heteroatoms. The first-order valence-electron chi connectivity index (χ1n) is 9.37. The highest BCUT2D eigenvalue weighted by molar-refractivity contribution is 7.46. The van der Waals surface area contributed by atoms with Crippen LogP contribution in [0.2, 0.25) is 0 Å². The first kappa shape index (κ1) is 24.7. The summed E-state index contributed by atoms with van der Waals surface area (Å²) in [5.41, 5.74) is 0. The number of phosphoric acid groups is 1. The molecule has 0 aliphatic carbocycles. The molecule has 0 aromatic rings. The van der Waals surface area contributed by atoms with Crippen LogP contribution in [0, 0.1) is 0 Å². The number of aliphatic hydroxyl groups is 2. The fourth-order valence-electron chi connectivity index (χ4n) is 2.59. The van der Waals surface area contributed by atoms with Crippen molar-refractivity contribution < 1.29 is 33.9 Å². The summed E-state index contributed by atoms with van der Waals surface area (Å²) in [6.07, 6.45) is 9.54. The number of carbonyl (C=O) groups excluding carboxylic acids is 1. The zero-order valence-electron chi connectivity index (χ0n) is 15.3. The Morgan fingerprint density at radius 1 is 0.880 bits per heavy atom. The standard InChI is InChI=1S/C17H35O7P/c1-2-3-4-5-6-7-8-9-10-11-12-13-15(18)17(20)16(19)14-24-25(21,22)23/h16-17,19-20H,2-14H2,1H3,(H2,21,22,23)/t16-,17?/m0/s1. The van der Waals surface area contributed by atoms with Crippen LogP contribution in [0.1, 0.15) is 84.0 Å². The van der Waals surface area contributed by atoms with E-state index < -0.39 is 32.4 Å². The highest BCUT2D eigenvalue weighted by Crippen LogP contribution is 2.35. The van der Waals surface area contributed by atoms with Gasteiger partial charge in [0.1, 0.15) is 12.2 Å². The van der Waals surface area contributed by atoms with Gasteiger partial charge in [-0.3, -0.25) is 9.32 Å². The Morgan fingerprint density at radius 3 is 1.76 bits per heavy atom. The van der Waals surface area contributed by atoms with Crippen LogP contribution in [0.25, 0.3) is 0 Å². The minimum atomic E-state index is -4.72. The average molecular weight is 382 g/mol. The molecular formula is C17H35O7P. The minimum absolute atomic E-state index is 0.144. The van der Waals surface area contributed by atoms with E-state index in [4.69, 9.17) is 9.79 Å². The molecule has 0 saturated carbocycles. The molecule has 0 spiro atoms. The van der Waals surface area contributed by atoms with Gasteiger partial charge in [0.25, 0.3) is 0 Å². The van der Waals surface area contributed by atoms with Gasteiger partial charge in [-0.05, 0) is 6.42 Å². The van der Waals surface area contributed by atoms with E-state index in [0.717, 1.165) is 19.3 Å². The molecule has 1 unspecified atom stereocenters. The molecule has 4 N–H and O–H groups in total. The van der Waals surface area contributed by atoms with Crippen molar-refractivity contribution in [2.45, 2.75) is 96.2 Å². The molecule has 0 saturated heterocycles. The van der Waals surface area contributed by atoms with Crippen LogP contribution in [0.5, 0.6) is 0 Å². The zero-order valence-corrected chi connectivity index (χ0v) is 16.2. The van der Waals surface area contributed by atoms with E-state index in [0.29, 0.717) is 6.42 Å². The van der Waals surface area contributed by atoms with Crippen LogP contribution in [0.15, 0.2) is 0 Å². The Hall–Kier alpha value is -0.300. The van der Waals surface area contributed by atoms with E-state index in [1.807, 2.05) is 0 Å². The van der Waals surface area contributed by atoms with E-state index in [1.54, 1.807) is 0 Å². The maximum Gasteiger partial charge on any atom is 0.469 e. The van der Waals surface area contributed by atoms with E-state index in [9.17, 15) is 19.6 Å². The molecule has 0 fully saturated rings. The lowest BCUT2D eigenvalue weighted by molar-refractivity contribution is -0.134. The molecule has 0 radical (unpaired) electrons. The summed E-state index contributed by atoms with van der Waals surface area (Å²) in [6.45, 7) is 1.43. The van der Waals surface area contributed by atoms with Crippen molar-refractivity contribution in [1.29, 1.82) is 0 Å². The average Bonchev–Trinajstić information content (AvgIpc) is 2.56. The third kappa shape index (κ3) is 15.7. The van der Waals surface area contributed by atoms with E-state index in [2.05, 4.69) is 11.4 Å². The van der Waals surface area contributed by atoms with Crippen LogP contribution < -0.4 is 0 Å². The summed E-state index contributed by atoms with van der Waals surface area (Å²) in [5.74, 6) is -0.530. The molecule has 0 aromatic carbocycles. The number of unbranched alkanes of at least 4 members (excludes halogenated alkanes) is 10. The summed E-state index contributed by atoms with van der Waals surface area (Å²) in [7, 11) is -4.72. The summed E-state index contributed by atoms with van der Waals surface area (Å²) in [4.78, 5) is 28.7. The second kappa shape index (κ2) is 14.8. The molecule has 0 amide bonds. The van der Waals surface area contributed by atoms with Gasteiger partial charge in [0.05, 0.1) is 6.61 Å². The smallest absolute Gasteiger partial charge is 0.388 e. The molecule has 25 heavy (non-hydrogen) atoms. The van der Waals surface area contributed by atoms with E-state index in [-0.39, 0.29) is 6.42 Å². The summed E-state index contributed by atoms with van der Waals surface area (Å²) in [5, 5.41) is 19.1. The summed E-state index contributed by atoms with van der Waals surface area (Å²) >= 11 is 0. The largest absolute Gasteiger partial charge is 0.469 e. The molecule has 0 heterocycles. The molecule has 2 atom stereocenters. The fraction of sp³-hybridized carbons (Fsp3) is 0.941. The first-order chi connectivity index (χ1) is 11.8. The SMILES string of the molecule is CCCCCCCCCCCCCC(=O)C(O)[C@@H](O)COP(=O)(O)O. The third-order valence-electron chi connectivity index (χ3n) is 4.13. The van der Waals surface area contributed by atoms with Crippen molar-refractivity contribution in [3.05, 3.63) is 0 Å². The summed E-state index contributed by atoms with van der Waals surface area (Å²) in [6, 6.07) is 0. The number of Topliss-reactive ketones (excluding diaryl/α,β-unsaturated/α-hetero) is 1.